The molecule has 1 N–H and O–H groups in total. The highest BCUT2D eigenvalue weighted by Gasteiger charge is 2.22. The molecule has 0 bridgehead atoms. The van der Waals surface area contributed by atoms with E-state index in [1.807, 2.05) is 13.8 Å². The summed E-state index contributed by atoms with van der Waals surface area (Å²) in [5, 5.41) is 9.33. The predicted octanol–water partition coefficient (Wildman–Crippen LogP) is 4.59. The second-order valence-corrected chi connectivity index (χ2v) is 6.47. The lowest BCUT2D eigenvalue weighted by Gasteiger charge is -2.16. The smallest absolute Gasteiger partial charge is 0.316 e. The summed E-state index contributed by atoms with van der Waals surface area (Å²) in [6, 6.07) is 3.42. The Morgan fingerprint density at radius 1 is 1.37 bits per heavy atom. The number of halogens is 2. The van der Waals surface area contributed by atoms with Crippen molar-refractivity contribution in [3.63, 3.8) is 0 Å². The highest BCUT2D eigenvalue weighted by Crippen LogP contribution is 2.41. The van der Waals surface area contributed by atoms with E-state index >= 15 is 0 Å². The number of methoxy groups -OCH3 is 1. The summed E-state index contributed by atoms with van der Waals surface area (Å²) in [5.74, 6) is -0.0745. The van der Waals surface area contributed by atoms with Crippen LogP contribution in [0.1, 0.15) is 20.3 Å². The third-order valence-electron chi connectivity index (χ3n) is 2.46. The molecule has 6 heteroatoms. The minimum Gasteiger partial charge on any atom is -0.495 e. The first-order chi connectivity index (χ1) is 8.86. The van der Waals surface area contributed by atoms with Crippen molar-refractivity contribution in [3.8, 4) is 5.75 Å². The lowest BCUT2D eigenvalue weighted by molar-refractivity contribution is -0.136. The first-order valence-electron chi connectivity index (χ1n) is 5.78. The van der Waals surface area contributed by atoms with Gasteiger partial charge in [-0.25, -0.2) is 0 Å². The van der Waals surface area contributed by atoms with Gasteiger partial charge < -0.3 is 9.84 Å². The quantitative estimate of drug-likeness (QED) is 0.778. The fourth-order valence-corrected chi connectivity index (χ4v) is 3.37. The second kappa shape index (κ2) is 7.27. The molecule has 19 heavy (non-hydrogen) atoms. The zero-order valence-corrected chi connectivity index (χ0v) is 13.3. The van der Waals surface area contributed by atoms with Gasteiger partial charge in [-0.3, -0.25) is 4.79 Å². The zero-order chi connectivity index (χ0) is 14.6. The Balaban J connectivity index is 2.97. The van der Waals surface area contributed by atoms with E-state index in [0.717, 1.165) is 0 Å². The number of ether oxygens (including phenoxy) is 1. The third kappa shape index (κ3) is 4.48. The molecule has 0 radical (unpaired) electrons. The fraction of sp³-hybridized carbons (Fsp3) is 0.462. The van der Waals surface area contributed by atoms with Gasteiger partial charge in [0.15, 0.2) is 0 Å². The van der Waals surface area contributed by atoms with Gasteiger partial charge in [-0.2, -0.15) is 0 Å². The number of carboxylic acids is 1. The van der Waals surface area contributed by atoms with E-state index in [-0.39, 0.29) is 0 Å². The molecule has 1 aromatic carbocycles. The minimum atomic E-state index is -0.846. The number of hydrogen-bond acceptors (Lipinski definition) is 3. The van der Waals surface area contributed by atoms with Crippen molar-refractivity contribution in [1.82, 2.24) is 0 Å². The Hall–Kier alpha value is -0.580. The Morgan fingerprint density at radius 2 is 2.00 bits per heavy atom. The van der Waals surface area contributed by atoms with Crippen LogP contribution < -0.4 is 4.74 Å². The highest BCUT2D eigenvalue weighted by molar-refractivity contribution is 8.00. The molecular formula is C13H16Cl2O3S. The molecule has 0 aromatic heterocycles. The number of rotatable bonds is 6. The molecular weight excluding hydrogens is 307 g/mol. The van der Waals surface area contributed by atoms with Gasteiger partial charge in [0.25, 0.3) is 0 Å². The predicted molar refractivity (Wildman–Crippen MR) is 79.7 cm³/mol. The Labute approximate surface area is 127 Å². The van der Waals surface area contributed by atoms with Gasteiger partial charge in [0.2, 0.25) is 0 Å². The number of benzene rings is 1. The van der Waals surface area contributed by atoms with Gasteiger partial charge in [-0.15, -0.1) is 11.8 Å². The van der Waals surface area contributed by atoms with Gasteiger partial charge in [0, 0.05) is 4.90 Å². The Kier molecular flexibility index (Phi) is 6.30. The van der Waals surface area contributed by atoms with Crippen LogP contribution in [-0.2, 0) is 4.79 Å². The second-order valence-electron chi connectivity index (χ2n) is 4.47. The van der Waals surface area contributed by atoms with Gasteiger partial charge in [-0.1, -0.05) is 37.0 Å². The van der Waals surface area contributed by atoms with E-state index in [9.17, 15) is 9.90 Å². The van der Waals surface area contributed by atoms with Crippen molar-refractivity contribution in [1.29, 1.82) is 0 Å². The van der Waals surface area contributed by atoms with Crippen molar-refractivity contribution in [3.05, 3.63) is 22.2 Å². The van der Waals surface area contributed by atoms with Gasteiger partial charge in [0.1, 0.15) is 16.0 Å². The molecule has 106 valence electrons. The molecule has 1 unspecified atom stereocenters. The average molecular weight is 323 g/mol. The molecule has 3 nitrogen and oxygen atoms in total. The molecule has 1 aromatic rings. The number of carboxylic acid groups (broad SMARTS) is 1. The van der Waals surface area contributed by atoms with Gasteiger partial charge in [-0.05, 0) is 24.5 Å². The molecule has 0 aliphatic heterocycles. The van der Waals surface area contributed by atoms with Crippen LogP contribution in [0.2, 0.25) is 10.0 Å². The Bertz CT molecular complexity index is 463. The summed E-state index contributed by atoms with van der Waals surface area (Å²) in [6.45, 7) is 3.97. The van der Waals surface area contributed by atoms with Crippen LogP contribution in [0.4, 0.5) is 0 Å². The summed E-state index contributed by atoms with van der Waals surface area (Å²) in [7, 11) is 1.50. The van der Waals surface area contributed by atoms with Crippen LogP contribution in [0, 0.1) is 5.92 Å². The number of carbonyl (C=O) groups is 1. The van der Waals surface area contributed by atoms with E-state index in [1.165, 1.54) is 18.9 Å². The van der Waals surface area contributed by atoms with Crippen LogP contribution >= 0.6 is 35.0 Å². The minimum absolute atomic E-state index is 0.293. The SMILES string of the molecule is COc1ccc(SC(CC(C)C)C(=O)O)c(Cl)c1Cl. The van der Waals surface area contributed by atoms with E-state index in [1.54, 1.807) is 12.1 Å². The van der Waals surface area contributed by atoms with Crippen molar-refractivity contribution in [2.24, 2.45) is 5.92 Å². The van der Waals surface area contributed by atoms with Crippen molar-refractivity contribution >= 4 is 40.9 Å². The molecule has 1 atom stereocenters. The largest absolute Gasteiger partial charge is 0.495 e. The summed E-state index contributed by atoms with van der Waals surface area (Å²) in [5.41, 5.74) is 0. The van der Waals surface area contributed by atoms with E-state index in [4.69, 9.17) is 27.9 Å². The van der Waals surface area contributed by atoms with Crippen molar-refractivity contribution < 1.29 is 14.6 Å². The molecule has 0 heterocycles. The maximum absolute atomic E-state index is 11.2. The summed E-state index contributed by atoms with van der Waals surface area (Å²) in [6.07, 6.45) is 0.569. The molecule has 0 fully saturated rings. The molecule has 0 aliphatic carbocycles. The van der Waals surface area contributed by atoms with Crippen LogP contribution in [-0.4, -0.2) is 23.4 Å². The topological polar surface area (TPSA) is 46.5 Å². The van der Waals surface area contributed by atoms with Crippen LogP contribution in [0.5, 0.6) is 5.75 Å². The number of thioether (sulfide) groups is 1. The maximum Gasteiger partial charge on any atom is 0.316 e. The summed E-state index contributed by atoms with van der Waals surface area (Å²) < 4.78 is 5.06. The van der Waals surface area contributed by atoms with Crippen molar-refractivity contribution in [2.45, 2.75) is 30.4 Å². The third-order valence-corrected chi connectivity index (χ3v) is 4.71. The highest BCUT2D eigenvalue weighted by atomic mass is 35.5. The molecule has 0 aliphatic rings. The Morgan fingerprint density at radius 3 is 2.47 bits per heavy atom. The van der Waals surface area contributed by atoms with Crippen LogP contribution in [0.3, 0.4) is 0 Å². The summed E-state index contributed by atoms with van der Waals surface area (Å²) >= 11 is 13.4. The summed E-state index contributed by atoms with van der Waals surface area (Å²) in [4.78, 5) is 11.9. The normalized spacial score (nSPS) is 12.5. The van der Waals surface area contributed by atoms with Crippen molar-refractivity contribution in [2.75, 3.05) is 7.11 Å². The van der Waals surface area contributed by atoms with E-state index in [0.29, 0.717) is 33.0 Å². The maximum atomic E-state index is 11.2. The monoisotopic (exact) mass is 322 g/mol. The fourth-order valence-electron chi connectivity index (χ4n) is 1.54. The lowest BCUT2D eigenvalue weighted by atomic mass is 10.1. The molecule has 0 saturated heterocycles. The molecule has 1 rings (SSSR count). The molecule has 0 amide bonds. The first kappa shape index (κ1) is 16.5. The zero-order valence-electron chi connectivity index (χ0n) is 10.9. The van der Waals surface area contributed by atoms with E-state index < -0.39 is 11.2 Å². The number of hydrogen-bond donors (Lipinski definition) is 1. The lowest BCUT2D eigenvalue weighted by Crippen LogP contribution is -2.18. The van der Waals surface area contributed by atoms with E-state index in [2.05, 4.69) is 0 Å². The average Bonchev–Trinajstić information content (AvgIpc) is 2.33. The van der Waals surface area contributed by atoms with Crippen LogP contribution in [0.25, 0.3) is 0 Å². The molecule has 0 spiro atoms. The van der Waals surface area contributed by atoms with Gasteiger partial charge >= 0.3 is 5.97 Å². The van der Waals surface area contributed by atoms with Crippen LogP contribution in [0.15, 0.2) is 17.0 Å². The molecule has 0 saturated carbocycles. The number of aliphatic carboxylic acids is 1. The van der Waals surface area contributed by atoms with Gasteiger partial charge in [0.05, 0.1) is 12.1 Å². The standard InChI is InChI=1S/C13H16Cl2O3S/c1-7(2)6-10(13(16)17)19-9-5-4-8(18-3)11(14)12(9)15/h4-5,7,10H,6H2,1-3H3,(H,16,17). The first-order valence-corrected chi connectivity index (χ1v) is 7.41.